The van der Waals surface area contributed by atoms with Gasteiger partial charge in [-0.25, -0.2) is 0 Å². The Bertz CT molecular complexity index is 294. The molecular formula is C13H21N. The quantitative estimate of drug-likeness (QED) is 0.744. The van der Waals surface area contributed by atoms with Crippen molar-refractivity contribution in [3.8, 4) is 0 Å². The Morgan fingerprint density at radius 1 is 1.14 bits per heavy atom. The molecule has 0 bridgehead atoms. The van der Waals surface area contributed by atoms with Crippen LogP contribution in [0.2, 0.25) is 0 Å². The molecular weight excluding hydrogens is 170 g/mol. The fourth-order valence-electron chi connectivity index (χ4n) is 1.41. The highest BCUT2D eigenvalue weighted by Crippen LogP contribution is 2.20. The zero-order chi connectivity index (χ0) is 10.8. The Labute approximate surface area is 87.5 Å². The van der Waals surface area contributed by atoms with E-state index in [4.69, 9.17) is 0 Å². The van der Waals surface area contributed by atoms with Gasteiger partial charge in [0.05, 0.1) is 0 Å². The van der Waals surface area contributed by atoms with Crippen molar-refractivity contribution in [2.24, 2.45) is 0 Å². The molecule has 0 unspecified atom stereocenters. The average molecular weight is 191 g/mol. The van der Waals surface area contributed by atoms with E-state index < -0.39 is 0 Å². The number of rotatable bonds is 2. The van der Waals surface area contributed by atoms with Crippen LogP contribution in [0.5, 0.6) is 0 Å². The molecule has 0 aliphatic carbocycles. The first-order valence-electron chi connectivity index (χ1n) is 5.26. The number of hydrogen-bond donors (Lipinski definition) is 1. The van der Waals surface area contributed by atoms with E-state index in [0.29, 0.717) is 5.92 Å². The van der Waals surface area contributed by atoms with E-state index in [0.717, 1.165) is 0 Å². The van der Waals surface area contributed by atoms with Gasteiger partial charge in [-0.05, 0) is 44.4 Å². The van der Waals surface area contributed by atoms with Crippen molar-refractivity contribution in [3.05, 3.63) is 29.8 Å². The largest absolute Gasteiger partial charge is 0.380 e. The van der Waals surface area contributed by atoms with E-state index in [1.54, 1.807) is 0 Å². The van der Waals surface area contributed by atoms with Crippen LogP contribution in [0.3, 0.4) is 0 Å². The average Bonchev–Trinajstić information content (AvgIpc) is 2.01. The van der Waals surface area contributed by atoms with Gasteiger partial charge in [-0.2, -0.15) is 0 Å². The number of nitrogens with one attached hydrogen (secondary N) is 1. The van der Waals surface area contributed by atoms with Crippen molar-refractivity contribution < 1.29 is 0 Å². The Morgan fingerprint density at radius 3 is 2.29 bits per heavy atom. The third-order valence-electron chi connectivity index (χ3n) is 2.07. The maximum absolute atomic E-state index is 3.48. The molecule has 1 N–H and O–H groups in total. The summed E-state index contributed by atoms with van der Waals surface area (Å²) in [6.07, 6.45) is 0. The standard InChI is InChI=1S/C13H21N/c1-10(2)11-7-6-8-12(9-11)14-13(3,4)5/h6-10,14H,1-5H3. The van der Waals surface area contributed by atoms with Gasteiger partial charge in [0, 0.05) is 11.2 Å². The van der Waals surface area contributed by atoms with Crippen molar-refractivity contribution in [2.75, 3.05) is 5.32 Å². The van der Waals surface area contributed by atoms with Crippen LogP contribution in [-0.2, 0) is 0 Å². The number of anilines is 1. The lowest BCUT2D eigenvalue weighted by Crippen LogP contribution is -2.26. The Hall–Kier alpha value is -0.980. The minimum atomic E-state index is 0.135. The SMILES string of the molecule is CC(C)c1cccc(NC(C)(C)C)c1. The minimum absolute atomic E-state index is 0.135. The van der Waals surface area contributed by atoms with E-state index in [1.165, 1.54) is 11.3 Å². The molecule has 0 aromatic heterocycles. The van der Waals surface area contributed by atoms with Crippen molar-refractivity contribution in [3.63, 3.8) is 0 Å². The minimum Gasteiger partial charge on any atom is -0.380 e. The van der Waals surface area contributed by atoms with Crippen LogP contribution in [0, 0.1) is 0 Å². The first-order chi connectivity index (χ1) is 6.38. The van der Waals surface area contributed by atoms with Gasteiger partial charge < -0.3 is 5.32 Å². The third kappa shape index (κ3) is 3.41. The van der Waals surface area contributed by atoms with Gasteiger partial charge in [0.15, 0.2) is 0 Å². The van der Waals surface area contributed by atoms with Crippen molar-refractivity contribution in [1.82, 2.24) is 0 Å². The molecule has 0 aliphatic rings. The molecule has 78 valence electrons. The highest BCUT2D eigenvalue weighted by atomic mass is 14.9. The predicted octanol–water partition coefficient (Wildman–Crippen LogP) is 4.02. The summed E-state index contributed by atoms with van der Waals surface area (Å²) in [5.41, 5.74) is 2.73. The molecule has 0 radical (unpaired) electrons. The molecule has 0 heterocycles. The third-order valence-corrected chi connectivity index (χ3v) is 2.07. The first kappa shape index (κ1) is 11.1. The van der Waals surface area contributed by atoms with Gasteiger partial charge in [0.1, 0.15) is 0 Å². The molecule has 14 heavy (non-hydrogen) atoms. The zero-order valence-corrected chi connectivity index (χ0v) is 9.89. The van der Waals surface area contributed by atoms with Crippen LogP contribution in [0.25, 0.3) is 0 Å². The molecule has 0 saturated carbocycles. The molecule has 1 nitrogen and oxygen atoms in total. The molecule has 0 fully saturated rings. The second-order valence-corrected chi connectivity index (χ2v) is 5.16. The van der Waals surface area contributed by atoms with Gasteiger partial charge >= 0.3 is 0 Å². The normalized spacial score (nSPS) is 11.9. The number of benzene rings is 1. The Morgan fingerprint density at radius 2 is 1.79 bits per heavy atom. The predicted molar refractivity (Wildman–Crippen MR) is 63.9 cm³/mol. The van der Waals surface area contributed by atoms with E-state index >= 15 is 0 Å². The zero-order valence-electron chi connectivity index (χ0n) is 9.89. The van der Waals surface area contributed by atoms with Gasteiger partial charge in [-0.1, -0.05) is 26.0 Å². The van der Waals surface area contributed by atoms with Crippen LogP contribution in [-0.4, -0.2) is 5.54 Å². The van der Waals surface area contributed by atoms with Crippen LogP contribution >= 0.6 is 0 Å². The summed E-state index contributed by atoms with van der Waals surface area (Å²) in [6, 6.07) is 8.65. The monoisotopic (exact) mass is 191 g/mol. The topological polar surface area (TPSA) is 12.0 Å². The van der Waals surface area contributed by atoms with E-state index in [9.17, 15) is 0 Å². The van der Waals surface area contributed by atoms with Crippen molar-refractivity contribution in [1.29, 1.82) is 0 Å². The van der Waals surface area contributed by atoms with Crippen LogP contribution in [0.4, 0.5) is 5.69 Å². The highest BCUT2D eigenvalue weighted by Gasteiger charge is 2.09. The summed E-state index contributed by atoms with van der Waals surface area (Å²) in [5, 5.41) is 3.48. The van der Waals surface area contributed by atoms with E-state index in [-0.39, 0.29) is 5.54 Å². The molecule has 0 spiro atoms. The smallest absolute Gasteiger partial charge is 0.0347 e. The van der Waals surface area contributed by atoms with Gasteiger partial charge in [0.2, 0.25) is 0 Å². The Kier molecular flexibility index (Phi) is 3.20. The lowest BCUT2D eigenvalue weighted by atomic mass is 10.0. The fourth-order valence-corrected chi connectivity index (χ4v) is 1.41. The molecule has 0 aliphatic heterocycles. The lowest BCUT2D eigenvalue weighted by molar-refractivity contribution is 0.634. The number of hydrogen-bond acceptors (Lipinski definition) is 1. The first-order valence-corrected chi connectivity index (χ1v) is 5.26. The molecule has 1 rings (SSSR count). The summed E-state index contributed by atoms with van der Waals surface area (Å²) in [4.78, 5) is 0. The van der Waals surface area contributed by atoms with Crippen LogP contribution in [0.1, 0.15) is 46.1 Å². The molecule has 1 aromatic carbocycles. The van der Waals surface area contributed by atoms with E-state index in [2.05, 4.69) is 64.2 Å². The molecule has 1 aromatic rings. The summed E-state index contributed by atoms with van der Waals surface area (Å²) in [7, 11) is 0. The van der Waals surface area contributed by atoms with Gasteiger partial charge in [-0.3, -0.25) is 0 Å². The van der Waals surface area contributed by atoms with Gasteiger partial charge in [0.25, 0.3) is 0 Å². The van der Waals surface area contributed by atoms with Gasteiger partial charge in [-0.15, -0.1) is 0 Å². The maximum atomic E-state index is 3.48. The van der Waals surface area contributed by atoms with Crippen LogP contribution < -0.4 is 5.32 Å². The summed E-state index contributed by atoms with van der Waals surface area (Å²) in [5.74, 6) is 0.594. The Balaban J connectivity index is 2.84. The molecule has 1 heteroatoms. The van der Waals surface area contributed by atoms with Crippen molar-refractivity contribution in [2.45, 2.75) is 46.1 Å². The molecule has 0 saturated heterocycles. The highest BCUT2D eigenvalue weighted by molar-refractivity contribution is 5.48. The maximum Gasteiger partial charge on any atom is 0.0347 e. The second kappa shape index (κ2) is 4.04. The van der Waals surface area contributed by atoms with E-state index in [1.807, 2.05) is 0 Å². The summed E-state index contributed by atoms with van der Waals surface area (Å²) < 4.78 is 0. The van der Waals surface area contributed by atoms with Crippen molar-refractivity contribution >= 4 is 5.69 Å². The molecule has 0 amide bonds. The molecule has 0 atom stereocenters. The lowest BCUT2D eigenvalue weighted by Gasteiger charge is -2.22. The summed E-state index contributed by atoms with van der Waals surface area (Å²) >= 11 is 0. The fraction of sp³-hybridized carbons (Fsp3) is 0.538. The van der Waals surface area contributed by atoms with Crippen LogP contribution in [0.15, 0.2) is 24.3 Å². The second-order valence-electron chi connectivity index (χ2n) is 5.16. The summed E-state index contributed by atoms with van der Waals surface area (Å²) in [6.45, 7) is 11.0.